The quantitative estimate of drug-likeness (QED) is 0.359. The van der Waals surface area contributed by atoms with Gasteiger partial charge in [-0.1, -0.05) is 10.1 Å². The van der Waals surface area contributed by atoms with Gasteiger partial charge in [-0.15, -0.1) is 0 Å². The highest BCUT2D eigenvalue weighted by Crippen LogP contribution is 2.36. The molecule has 2 aliphatic rings. The van der Waals surface area contributed by atoms with E-state index in [2.05, 4.69) is 23.7 Å². The van der Waals surface area contributed by atoms with Crippen molar-refractivity contribution in [3.05, 3.63) is 34.1 Å². The minimum absolute atomic E-state index is 0.191. The minimum Gasteiger partial charge on any atom is -0.714 e. The maximum absolute atomic E-state index is 12.5. The summed E-state index contributed by atoms with van der Waals surface area (Å²) in [6, 6.07) is 3.06. The van der Waals surface area contributed by atoms with Crippen LogP contribution in [0.5, 0.6) is 0 Å². The average molecular weight is 426 g/mol. The summed E-state index contributed by atoms with van der Waals surface area (Å²) in [5, 5.41) is 51.3. The van der Waals surface area contributed by atoms with Gasteiger partial charge >= 0.3 is 11.7 Å². The van der Waals surface area contributed by atoms with Crippen LogP contribution in [-0.2, 0) is 10.4 Å². The van der Waals surface area contributed by atoms with Crippen molar-refractivity contribution in [2.45, 2.75) is 77.5 Å². The topological polar surface area (TPSA) is 112 Å². The first-order valence-corrected chi connectivity index (χ1v) is 9.84. The van der Waals surface area contributed by atoms with Gasteiger partial charge in [0.2, 0.25) is 0 Å². The van der Waals surface area contributed by atoms with Crippen molar-refractivity contribution in [1.29, 1.82) is 0 Å². The highest BCUT2D eigenvalue weighted by Gasteiger charge is 2.60. The molecule has 0 unspecified atom stereocenters. The smallest absolute Gasteiger partial charge is 0.363 e. The summed E-state index contributed by atoms with van der Waals surface area (Å²) in [5.41, 5.74) is -3.81. The van der Waals surface area contributed by atoms with Gasteiger partial charge in [0.15, 0.2) is 22.6 Å². The van der Waals surface area contributed by atoms with Gasteiger partial charge in [-0.2, -0.15) is 0 Å². The monoisotopic (exact) mass is 426 g/mol. The fourth-order valence-corrected chi connectivity index (χ4v) is 3.13. The summed E-state index contributed by atoms with van der Waals surface area (Å²) in [6.07, 6.45) is 0. The number of hydrogen-bond donors (Lipinski definition) is 0. The molecule has 9 nitrogen and oxygen atoms in total. The van der Waals surface area contributed by atoms with E-state index in [1.165, 1.54) is 12.1 Å². The molecule has 3 heterocycles. The highest BCUT2D eigenvalue weighted by molar-refractivity contribution is 5.96. The Kier molecular flexibility index (Phi) is 4.86. The first kappa shape index (κ1) is 22.5. The molecule has 0 N–H and O–H groups in total. The van der Waals surface area contributed by atoms with E-state index >= 15 is 0 Å². The standard InChI is InChI=1S/C22H26N4O5/c1-19(2)20(3,4)24(28)17(23(19)27)13-11-15-9-10-16(31-15)12-14-18-25(29)21(5,6)22(7,8)26(18)30/h9-10H,1-8H3. The van der Waals surface area contributed by atoms with Crippen molar-refractivity contribution in [2.24, 2.45) is 0 Å². The summed E-state index contributed by atoms with van der Waals surface area (Å²) < 4.78 is 6.72. The van der Waals surface area contributed by atoms with E-state index in [0.717, 1.165) is 0 Å². The fourth-order valence-electron chi connectivity index (χ4n) is 3.13. The molecule has 0 bridgehead atoms. The van der Waals surface area contributed by atoms with Crippen molar-refractivity contribution < 1.29 is 24.3 Å². The number of nitrogens with zero attached hydrogens (tertiary/aromatic N) is 4. The van der Waals surface area contributed by atoms with E-state index in [1.54, 1.807) is 55.4 Å². The van der Waals surface area contributed by atoms with Crippen molar-refractivity contribution in [3.63, 3.8) is 0 Å². The van der Waals surface area contributed by atoms with Gasteiger partial charge in [-0.25, -0.2) is 9.48 Å². The fraction of sp³-hybridized carbons (Fsp3) is 0.545. The molecule has 0 saturated carbocycles. The summed E-state index contributed by atoms with van der Waals surface area (Å²) >= 11 is 0. The van der Waals surface area contributed by atoms with E-state index < -0.39 is 22.2 Å². The van der Waals surface area contributed by atoms with E-state index in [4.69, 9.17) is 4.42 Å². The van der Waals surface area contributed by atoms with E-state index in [0.29, 0.717) is 19.6 Å². The molecular formula is C22H26N4O5. The second-order valence-corrected chi connectivity index (χ2v) is 9.72. The van der Waals surface area contributed by atoms with Crippen LogP contribution in [0.3, 0.4) is 0 Å². The zero-order valence-corrected chi connectivity index (χ0v) is 19.0. The molecule has 0 aliphatic carbocycles. The van der Waals surface area contributed by atoms with Gasteiger partial charge in [0.05, 0.1) is 0 Å². The second kappa shape index (κ2) is 6.68. The van der Waals surface area contributed by atoms with Gasteiger partial charge < -0.3 is 14.8 Å². The van der Waals surface area contributed by atoms with Crippen LogP contribution < -0.4 is 0 Å². The van der Waals surface area contributed by atoms with E-state index in [-0.39, 0.29) is 23.2 Å². The molecule has 2 radical (unpaired) electrons. The lowest BCUT2D eigenvalue weighted by atomic mass is 9.84. The largest absolute Gasteiger partial charge is 0.714 e. The Morgan fingerprint density at radius 1 is 0.710 bits per heavy atom. The number of hydroxylamine groups is 6. The molecular weight excluding hydrogens is 400 g/mol. The molecule has 2 aliphatic heterocycles. The molecule has 0 atom stereocenters. The lowest BCUT2D eigenvalue weighted by Crippen LogP contribution is -2.53. The van der Waals surface area contributed by atoms with Crippen LogP contribution in [0.4, 0.5) is 0 Å². The van der Waals surface area contributed by atoms with E-state index in [1.807, 2.05) is 0 Å². The summed E-state index contributed by atoms with van der Waals surface area (Å²) in [5.74, 6) is 10.5. The maximum atomic E-state index is 12.5. The lowest BCUT2D eigenvalue weighted by molar-refractivity contribution is -0.539. The Labute approximate surface area is 182 Å². The van der Waals surface area contributed by atoms with Crippen molar-refractivity contribution >= 4 is 11.7 Å². The van der Waals surface area contributed by atoms with Crippen LogP contribution in [0.15, 0.2) is 16.5 Å². The summed E-state index contributed by atoms with van der Waals surface area (Å²) in [7, 11) is 0. The van der Waals surface area contributed by atoms with Gasteiger partial charge in [-0.3, -0.25) is 0 Å². The Bertz CT molecular complexity index is 1030. The van der Waals surface area contributed by atoms with Crippen LogP contribution in [0.1, 0.15) is 66.9 Å². The molecule has 3 rings (SSSR count). The third kappa shape index (κ3) is 3.04. The summed E-state index contributed by atoms with van der Waals surface area (Å²) in [6.45, 7) is 13.5. The Hall–Kier alpha value is -3.14. The molecule has 164 valence electrons. The first-order chi connectivity index (χ1) is 14.1. The third-order valence-electron chi connectivity index (χ3n) is 7.00. The molecule has 9 heteroatoms. The predicted octanol–water partition coefficient (Wildman–Crippen LogP) is 2.24. The van der Waals surface area contributed by atoms with Crippen molar-refractivity contribution in [3.8, 4) is 23.7 Å². The normalized spacial score (nSPS) is 22.9. The van der Waals surface area contributed by atoms with E-state index in [9.17, 15) is 20.8 Å². The molecule has 0 amide bonds. The van der Waals surface area contributed by atoms with Crippen LogP contribution in [-0.4, -0.2) is 53.4 Å². The van der Waals surface area contributed by atoms with Crippen molar-refractivity contribution in [2.75, 3.05) is 0 Å². The maximum Gasteiger partial charge on any atom is 0.363 e. The Morgan fingerprint density at radius 2 is 1.03 bits per heavy atom. The number of furan rings is 1. The lowest BCUT2D eigenvalue weighted by Gasteiger charge is -2.32. The Morgan fingerprint density at radius 3 is 1.29 bits per heavy atom. The zero-order chi connectivity index (χ0) is 23.6. The molecule has 31 heavy (non-hydrogen) atoms. The van der Waals surface area contributed by atoms with Gasteiger partial charge in [0.25, 0.3) is 0 Å². The van der Waals surface area contributed by atoms with Gasteiger partial charge in [0, 0.05) is 22.3 Å². The number of hydrogen-bond acceptors (Lipinski definition) is 5. The van der Waals surface area contributed by atoms with Crippen LogP contribution in [0.2, 0.25) is 0 Å². The molecule has 0 saturated heterocycles. The third-order valence-corrected chi connectivity index (χ3v) is 7.00. The van der Waals surface area contributed by atoms with Crippen molar-refractivity contribution in [1.82, 2.24) is 10.1 Å². The molecule has 0 aromatic carbocycles. The molecule has 0 fully saturated rings. The average Bonchev–Trinajstić information content (AvgIpc) is 3.21. The molecule has 0 spiro atoms. The number of rotatable bonds is 0. The molecule has 1 aromatic heterocycles. The van der Waals surface area contributed by atoms with Gasteiger partial charge in [0.1, 0.15) is 11.1 Å². The van der Waals surface area contributed by atoms with Crippen LogP contribution in [0, 0.1) is 34.1 Å². The second-order valence-electron chi connectivity index (χ2n) is 9.72. The predicted molar refractivity (Wildman–Crippen MR) is 111 cm³/mol. The summed E-state index contributed by atoms with van der Waals surface area (Å²) in [4.78, 5) is 0. The minimum atomic E-state index is -0.951. The Balaban J connectivity index is 1.87. The van der Waals surface area contributed by atoms with Crippen LogP contribution >= 0.6 is 0 Å². The highest BCUT2D eigenvalue weighted by atomic mass is 16.5. The zero-order valence-electron chi connectivity index (χ0n) is 19.0. The first-order valence-electron chi connectivity index (χ1n) is 9.84. The number of amidine groups is 2. The molecule has 1 aromatic rings. The van der Waals surface area contributed by atoms with Gasteiger partial charge in [-0.05, 0) is 79.4 Å². The van der Waals surface area contributed by atoms with Crippen LogP contribution in [0.25, 0.3) is 0 Å². The SMILES string of the molecule is CC1(C)N([O])C(C#Cc2ccc(C#CC3=[N+]([O-])C(C)(C)C(C)(C)N3[O])o2)=[N+]([O-])C1(C)C.